The third-order valence-corrected chi connectivity index (χ3v) is 6.62. The number of hydrogen-bond donors (Lipinski definition) is 1. The minimum atomic E-state index is -0.809. The van der Waals surface area contributed by atoms with Crippen LogP contribution in [0.3, 0.4) is 0 Å². The number of rotatable bonds is 5. The van der Waals surface area contributed by atoms with Gasteiger partial charge < -0.3 is 10.1 Å². The Kier molecular flexibility index (Phi) is 5.51. The Labute approximate surface area is 189 Å². The molecule has 1 aromatic carbocycles. The molecule has 1 aliphatic heterocycles. The van der Waals surface area contributed by atoms with E-state index < -0.39 is 35.3 Å². The van der Waals surface area contributed by atoms with Gasteiger partial charge in [0.2, 0.25) is 5.91 Å². The molecule has 8 nitrogen and oxygen atoms in total. The van der Waals surface area contributed by atoms with Crippen LogP contribution in [0.4, 0.5) is 14.5 Å². The topological polar surface area (TPSA) is 95.2 Å². The van der Waals surface area contributed by atoms with E-state index in [1.165, 1.54) is 4.57 Å². The van der Waals surface area contributed by atoms with Crippen molar-refractivity contribution >= 4 is 43.4 Å². The van der Waals surface area contributed by atoms with Crippen molar-refractivity contribution in [2.24, 2.45) is 0 Å². The van der Waals surface area contributed by atoms with Crippen LogP contribution < -0.4 is 16.6 Å². The second kappa shape index (κ2) is 8.49. The van der Waals surface area contributed by atoms with Gasteiger partial charge in [0, 0.05) is 24.3 Å². The van der Waals surface area contributed by atoms with Gasteiger partial charge in [-0.15, -0.1) is 11.3 Å². The zero-order valence-corrected chi connectivity index (χ0v) is 18.0. The van der Waals surface area contributed by atoms with Gasteiger partial charge in [-0.05, 0) is 37.1 Å². The molecule has 11 heteroatoms. The maximum absolute atomic E-state index is 14.0. The standard InChI is InChI=1S/C22H18F2N4O4S/c23-12-5-6-15(24)16(9-12)26-17(29)11-27-18-14-4-1-7-25-20(14)33-19(18)21(30)28(22(27)31)10-13-3-2-8-32-13/h1,4-7,9,13H,2-3,8,10-11H2,(H,26,29)/t13-/m1/s1. The van der Waals surface area contributed by atoms with E-state index in [0.29, 0.717) is 16.8 Å². The molecule has 1 N–H and O–H groups in total. The van der Waals surface area contributed by atoms with Crippen molar-refractivity contribution in [3.05, 3.63) is 69.0 Å². The molecule has 0 unspecified atom stereocenters. The average Bonchev–Trinajstić information content (AvgIpc) is 3.44. The summed E-state index contributed by atoms with van der Waals surface area (Å²) in [5, 5.41) is 2.86. The number of nitrogens with zero attached hydrogens (tertiary/aromatic N) is 3. The summed E-state index contributed by atoms with van der Waals surface area (Å²) in [5.41, 5.74) is -1.20. The van der Waals surface area contributed by atoms with E-state index in [-0.39, 0.29) is 28.6 Å². The lowest BCUT2D eigenvalue weighted by atomic mass is 10.2. The fourth-order valence-electron chi connectivity index (χ4n) is 4.01. The summed E-state index contributed by atoms with van der Waals surface area (Å²) in [6.45, 7) is 0.123. The minimum absolute atomic E-state index is 0.0649. The third-order valence-electron chi connectivity index (χ3n) is 5.53. The Morgan fingerprint density at radius 3 is 2.88 bits per heavy atom. The molecule has 4 heterocycles. The molecule has 170 valence electrons. The monoisotopic (exact) mass is 472 g/mol. The van der Waals surface area contributed by atoms with Gasteiger partial charge in [0.05, 0.1) is 23.9 Å². The molecule has 0 saturated carbocycles. The average molecular weight is 472 g/mol. The predicted octanol–water partition coefficient (Wildman–Crippen LogP) is 2.87. The Hall–Kier alpha value is -3.44. The second-order valence-electron chi connectivity index (χ2n) is 7.73. The summed E-state index contributed by atoms with van der Waals surface area (Å²) >= 11 is 1.13. The van der Waals surface area contributed by atoms with Gasteiger partial charge in [-0.25, -0.2) is 18.6 Å². The number of carbonyl (C=O) groups excluding carboxylic acids is 1. The number of carbonyl (C=O) groups is 1. The lowest BCUT2D eigenvalue weighted by Crippen LogP contribution is -2.43. The molecule has 1 aliphatic rings. The SMILES string of the molecule is O=C(Cn1c(=O)n(C[C@H]2CCCO2)c(=O)c2sc3ncccc3c21)Nc1cc(F)ccc1F. The van der Waals surface area contributed by atoms with E-state index in [2.05, 4.69) is 10.3 Å². The molecule has 33 heavy (non-hydrogen) atoms. The largest absolute Gasteiger partial charge is 0.376 e. The van der Waals surface area contributed by atoms with Crippen LogP contribution in [0.15, 0.2) is 46.1 Å². The quantitative estimate of drug-likeness (QED) is 0.482. The number of ether oxygens (including phenoxy) is 1. The van der Waals surface area contributed by atoms with Crippen molar-refractivity contribution < 1.29 is 18.3 Å². The summed E-state index contributed by atoms with van der Waals surface area (Å²) in [6.07, 6.45) is 2.86. The molecule has 4 aromatic rings. The molecule has 0 spiro atoms. The van der Waals surface area contributed by atoms with E-state index in [9.17, 15) is 23.2 Å². The van der Waals surface area contributed by atoms with Gasteiger partial charge in [0.15, 0.2) is 0 Å². The third kappa shape index (κ3) is 3.93. The zero-order chi connectivity index (χ0) is 23.1. The van der Waals surface area contributed by atoms with E-state index in [4.69, 9.17) is 4.74 Å². The highest BCUT2D eigenvalue weighted by molar-refractivity contribution is 7.25. The van der Waals surface area contributed by atoms with Crippen LogP contribution in [0.25, 0.3) is 20.4 Å². The van der Waals surface area contributed by atoms with Crippen LogP contribution in [-0.4, -0.2) is 32.7 Å². The van der Waals surface area contributed by atoms with E-state index in [1.807, 2.05) is 0 Å². The normalized spacial score (nSPS) is 16.0. The number of nitrogens with one attached hydrogen (secondary N) is 1. The van der Waals surface area contributed by atoms with E-state index in [0.717, 1.165) is 46.9 Å². The highest BCUT2D eigenvalue weighted by Gasteiger charge is 2.24. The molecule has 5 rings (SSSR count). The van der Waals surface area contributed by atoms with Gasteiger partial charge in [-0.3, -0.25) is 18.7 Å². The zero-order valence-electron chi connectivity index (χ0n) is 17.2. The fourth-order valence-corrected chi connectivity index (χ4v) is 5.11. The van der Waals surface area contributed by atoms with Crippen LogP contribution in [0, 0.1) is 11.6 Å². The van der Waals surface area contributed by atoms with Crippen LogP contribution in [0.1, 0.15) is 12.8 Å². The predicted molar refractivity (Wildman–Crippen MR) is 120 cm³/mol. The Morgan fingerprint density at radius 2 is 2.09 bits per heavy atom. The number of amides is 1. The number of benzene rings is 1. The summed E-state index contributed by atoms with van der Waals surface area (Å²) in [7, 11) is 0. The van der Waals surface area contributed by atoms with Crippen LogP contribution in [-0.2, 0) is 22.6 Å². The van der Waals surface area contributed by atoms with Gasteiger partial charge in [0.25, 0.3) is 5.56 Å². The number of thiophene rings is 1. The first kappa shape index (κ1) is 21.4. The number of anilines is 1. The molecule has 1 atom stereocenters. The molecular weight excluding hydrogens is 454 g/mol. The number of halogens is 2. The highest BCUT2D eigenvalue weighted by Crippen LogP contribution is 2.29. The van der Waals surface area contributed by atoms with E-state index >= 15 is 0 Å². The molecule has 0 aliphatic carbocycles. The number of pyridine rings is 1. The van der Waals surface area contributed by atoms with Gasteiger partial charge in [-0.2, -0.15) is 0 Å². The van der Waals surface area contributed by atoms with E-state index in [1.54, 1.807) is 18.3 Å². The summed E-state index contributed by atoms with van der Waals surface area (Å²) in [5.74, 6) is -2.27. The van der Waals surface area contributed by atoms with Crippen molar-refractivity contribution in [3.63, 3.8) is 0 Å². The number of fused-ring (bicyclic) bond motifs is 3. The molecule has 0 radical (unpaired) electrons. The Morgan fingerprint density at radius 1 is 1.24 bits per heavy atom. The number of aromatic nitrogens is 3. The van der Waals surface area contributed by atoms with Crippen LogP contribution in [0.2, 0.25) is 0 Å². The lowest BCUT2D eigenvalue weighted by molar-refractivity contribution is -0.116. The van der Waals surface area contributed by atoms with Crippen molar-refractivity contribution in [3.8, 4) is 0 Å². The van der Waals surface area contributed by atoms with Gasteiger partial charge >= 0.3 is 5.69 Å². The first-order valence-corrected chi connectivity index (χ1v) is 11.1. The Bertz CT molecular complexity index is 1500. The summed E-state index contributed by atoms with van der Waals surface area (Å²) in [4.78, 5) is 44.2. The first-order chi connectivity index (χ1) is 15.9. The van der Waals surface area contributed by atoms with Crippen LogP contribution >= 0.6 is 11.3 Å². The minimum Gasteiger partial charge on any atom is -0.376 e. The van der Waals surface area contributed by atoms with Crippen molar-refractivity contribution in [2.45, 2.75) is 32.0 Å². The van der Waals surface area contributed by atoms with Crippen molar-refractivity contribution in [2.75, 3.05) is 11.9 Å². The molecule has 1 amide bonds. The fraction of sp³-hybridized carbons (Fsp3) is 0.273. The van der Waals surface area contributed by atoms with Gasteiger partial charge in [-0.1, -0.05) is 0 Å². The van der Waals surface area contributed by atoms with Crippen molar-refractivity contribution in [1.82, 2.24) is 14.1 Å². The molecule has 3 aromatic heterocycles. The summed E-state index contributed by atoms with van der Waals surface area (Å²) < 4.78 is 35.6. The van der Waals surface area contributed by atoms with Crippen molar-refractivity contribution in [1.29, 1.82) is 0 Å². The Balaban J connectivity index is 1.62. The molecule has 1 fully saturated rings. The molecular formula is C22H18F2N4O4S. The maximum Gasteiger partial charge on any atom is 0.332 e. The molecule has 0 bridgehead atoms. The number of hydrogen-bond acceptors (Lipinski definition) is 6. The smallest absolute Gasteiger partial charge is 0.332 e. The van der Waals surface area contributed by atoms with Gasteiger partial charge in [0.1, 0.15) is 27.7 Å². The second-order valence-corrected chi connectivity index (χ2v) is 8.73. The maximum atomic E-state index is 14.0. The van der Waals surface area contributed by atoms with Crippen LogP contribution in [0.5, 0.6) is 0 Å². The first-order valence-electron chi connectivity index (χ1n) is 10.3. The summed E-state index contributed by atoms with van der Waals surface area (Å²) in [6, 6.07) is 6.07. The molecule has 1 saturated heterocycles. The highest BCUT2D eigenvalue weighted by atomic mass is 32.1. The lowest BCUT2D eigenvalue weighted by Gasteiger charge is -2.15.